The molecule has 2 N–H and O–H groups in total. The molecule has 2 aromatic heterocycles. The van der Waals surface area contributed by atoms with Gasteiger partial charge in [0.2, 0.25) is 5.91 Å². The van der Waals surface area contributed by atoms with Gasteiger partial charge in [-0.3, -0.25) is 14.4 Å². The van der Waals surface area contributed by atoms with Gasteiger partial charge in [0.15, 0.2) is 0 Å². The molecule has 1 aromatic carbocycles. The highest BCUT2D eigenvalue weighted by molar-refractivity contribution is 7.20. The lowest BCUT2D eigenvalue weighted by Gasteiger charge is -2.31. The van der Waals surface area contributed by atoms with Crippen LogP contribution in [0.4, 0.5) is 0 Å². The molecule has 0 radical (unpaired) electrons. The smallest absolute Gasteiger partial charge is 0.264 e. The molecule has 0 unspecified atom stereocenters. The monoisotopic (exact) mass is 444 g/mol. The molecule has 1 saturated heterocycles. The van der Waals surface area contributed by atoms with E-state index in [1.165, 1.54) is 17.7 Å². The lowest BCUT2D eigenvalue weighted by atomic mass is 9.95. The number of thiophene rings is 1. The fourth-order valence-corrected chi connectivity index (χ4v) is 4.95. The molecule has 30 heavy (non-hydrogen) atoms. The Morgan fingerprint density at radius 2 is 1.97 bits per heavy atom. The van der Waals surface area contributed by atoms with Gasteiger partial charge in [-0.15, -0.1) is 11.3 Å². The maximum absolute atomic E-state index is 13.0. The first kappa shape index (κ1) is 20.6. The molecule has 0 atom stereocenters. The molecule has 2 amide bonds. The number of piperidine rings is 1. The first-order chi connectivity index (χ1) is 14.4. The van der Waals surface area contributed by atoms with Gasteiger partial charge >= 0.3 is 0 Å². The van der Waals surface area contributed by atoms with E-state index in [-0.39, 0.29) is 23.3 Å². The molecular weight excluding hydrogens is 424 g/mol. The summed E-state index contributed by atoms with van der Waals surface area (Å²) in [5, 5.41) is 4.10. The fraction of sp³-hybridized carbons (Fsp3) is 0.333. The van der Waals surface area contributed by atoms with Crippen LogP contribution < -0.4 is 10.9 Å². The van der Waals surface area contributed by atoms with Crippen LogP contribution in [0.2, 0.25) is 5.02 Å². The second-order valence-electron chi connectivity index (χ2n) is 7.38. The van der Waals surface area contributed by atoms with Gasteiger partial charge in [-0.25, -0.2) is 4.98 Å². The number of nitrogens with one attached hydrogen (secondary N) is 2. The van der Waals surface area contributed by atoms with E-state index in [1.54, 1.807) is 24.0 Å². The largest absolute Gasteiger partial charge is 0.352 e. The summed E-state index contributed by atoms with van der Waals surface area (Å²) in [5.41, 5.74) is 1.42. The van der Waals surface area contributed by atoms with Crippen LogP contribution in [0.3, 0.4) is 0 Å². The molecule has 156 valence electrons. The van der Waals surface area contributed by atoms with Crippen molar-refractivity contribution >= 4 is 45.0 Å². The minimum Gasteiger partial charge on any atom is -0.352 e. The zero-order valence-corrected chi connectivity index (χ0v) is 18.0. The number of hydrogen-bond acceptors (Lipinski definition) is 5. The summed E-state index contributed by atoms with van der Waals surface area (Å²) in [7, 11) is 0. The molecule has 0 spiro atoms. The first-order valence-electron chi connectivity index (χ1n) is 9.72. The number of carbonyl (C=O) groups excluding carboxylic acids is 2. The van der Waals surface area contributed by atoms with Crippen LogP contribution in [0.1, 0.15) is 33.6 Å². The molecule has 1 aliphatic heterocycles. The zero-order chi connectivity index (χ0) is 21.3. The highest BCUT2D eigenvalue weighted by atomic mass is 35.5. The SMILES string of the molecule is Cc1c(C(=O)N2CCC(C(=O)NCc3ccc(Cl)cc3)CC2)sc2nc[nH]c(=O)c12. The molecule has 0 aliphatic carbocycles. The number of nitrogens with zero attached hydrogens (tertiary/aromatic N) is 2. The Kier molecular flexibility index (Phi) is 5.87. The summed E-state index contributed by atoms with van der Waals surface area (Å²) in [6, 6.07) is 7.37. The molecule has 7 nitrogen and oxygen atoms in total. The van der Waals surface area contributed by atoms with Crippen molar-refractivity contribution in [3.63, 3.8) is 0 Å². The standard InChI is InChI=1S/C21H21ClN4O3S/c1-12-16-19(28)24-11-25-20(16)30-17(12)21(29)26-8-6-14(7-9-26)18(27)23-10-13-2-4-15(22)5-3-13/h2-5,11,14H,6-10H2,1H3,(H,23,27)(H,24,25,28). The van der Waals surface area contributed by atoms with Crippen LogP contribution in [0.5, 0.6) is 0 Å². The minimum absolute atomic E-state index is 0.00539. The quantitative estimate of drug-likeness (QED) is 0.646. The van der Waals surface area contributed by atoms with Gasteiger partial charge in [-0.05, 0) is 43.0 Å². The Morgan fingerprint density at radius 1 is 1.27 bits per heavy atom. The van der Waals surface area contributed by atoms with Gasteiger partial charge in [0.05, 0.1) is 16.6 Å². The molecule has 3 aromatic rings. The van der Waals surface area contributed by atoms with Crippen LogP contribution in [0.15, 0.2) is 35.4 Å². The zero-order valence-electron chi connectivity index (χ0n) is 16.4. The van der Waals surface area contributed by atoms with E-state index in [0.29, 0.717) is 58.2 Å². The molecular formula is C21H21ClN4O3S. The fourth-order valence-electron chi connectivity index (χ4n) is 3.71. The van der Waals surface area contributed by atoms with Crippen LogP contribution >= 0.6 is 22.9 Å². The number of hydrogen-bond donors (Lipinski definition) is 2. The third-order valence-corrected chi connectivity index (χ3v) is 6.90. The van der Waals surface area contributed by atoms with Crippen molar-refractivity contribution in [2.45, 2.75) is 26.3 Å². The molecule has 3 heterocycles. The van der Waals surface area contributed by atoms with Crippen molar-refractivity contribution in [1.82, 2.24) is 20.2 Å². The molecule has 9 heteroatoms. The van der Waals surface area contributed by atoms with Gasteiger partial charge in [0.25, 0.3) is 11.5 Å². The number of aromatic amines is 1. The number of amides is 2. The lowest BCUT2D eigenvalue weighted by molar-refractivity contribution is -0.126. The number of aromatic nitrogens is 2. The summed E-state index contributed by atoms with van der Waals surface area (Å²) in [6.07, 6.45) is 2.57. The Labute approximate surface area is 182 Å². The van der Waals surface area contributed by atoms with Crippen molar-refractivity contribution in [3.8, 4) is 0 Å². The van der Waals surface area contributed by atoms with Crippen molar-refractivity contribution in [2.75, 3.05) is 13.1 Å². The number of rotatable bonds is 4. The molecule has 0 bridgehead atoms. The van der Waals surface area contributed by atoms with E-state index < -0.39 is 0 Å². The minimum atomic E-state index is -0.233. The first-order valence-corrected chi connectivity index (χ1v) is 10.9. The highest BCUT2D eigenvalue weighted by Gasteiger charge is 2.29. The van der Waals surface area contributed by atoms with E-state index in [9.17, 15) is 14.4 Å². The van der Waals surface area contributed by atoms with Crippen molar-refractivity contribution < 1.29 is 9.59 Å². The average Bonchev–Trinajstić information content (AvgIpc) is 3.10. The van der Waals surface area contributed by atoms with Crippen molar-refractivity contribution in [2.24, 2.45) is 5.92 Å². The summed E-state index contributed by atoms with van der Waals surface area (Å²) in [5.74, 6) is -0.213. The molecule has 4 rings (SSSR count). The van der Waals surface area contributed by atoms with E-state index in [2.05, 4.69) is 15.3 Å². The van der Waals surface area contributed by atoms with Crippen LogP contribution in [-0.4, -0.2) is 39.8 Å². The maximum Gasteiger partial charge on any atom is 0.264 e. The van der Waals surface area contributed by atoms with Gasteiger partial charge in [0, 0.05) is 30.6 Å². The Morgan fingerprint density at radius 3 is 2.63 bits per heavy atom. The van der Waals surface area contributed by atoms with Crippen LogP contribution in [0, 0.1) is 12.8 Å². The van der Waals surface area contributed by atoms with E-state index in [1.807, 2.05) is 12.1 Å². The van der Waals surface area contributed by atoms with Crippen molar-refractivity contribution in [3.05, 3.63) is 62.0 Å². The predicted octanol–water partition coefficient (Wildman–Crippen LogP) is 3.12. The number of likely N-dealkylation sites (tertiary alicyclic amines) is 1. The number of H-pyrrole nitrogens is 1. The number of fused-ring (bicyclic) bond motifs is 1. The highest BCUT2D eigenvalue weighted by Crippen LogP contribution is 2.29. The average molecular weight is 445 g/mol. The van der Waals surface area contributed by atoms with Crippen molar-refractivity contribution in [1.29, 1.82) is 0 Å². The second kappa shape index (κ2) is 8.57. The Bertz CT molecular complexity index is 1150. The molecule has 1 fully saturated rings. The van der Waals surface area contributed by atoms with E-state index in [0.717, 1.165) is 5.56 Å². The Balaban J connectivity index is 1.36. The topological polar surface area (TPSA) is 95.2 Å². The van der Waals surface area contributed by atoms with Crippen LogP contribution in [0.25, 0.3) is 10.2 Å². The second-order valence-corrected chi connectivity index (χ2v) is 8.81. The van der Waals surface area contributed by atoms with Gasteiger partial charge in [0.1, 0.15) is 4.83 Å². The van der Waals surface area contributed by atoms with Gasteiger partial charge in [-0.2, -0.15) is 0 Å². The Hall–Kier alpha value is -2.71. The van der Waals surface area contributed by atoms with Crippen LogP contribution in [-0.2, 0) is 11.3 Å². The predicted molar refractivity (Wildman–Crippen MR) is 117 cm³/mol. The summed E-state index contributed by atoms with van der Waals surface area (Å²) >= 11 is 7.12. The molecule has 0 saturated carbocycles. The third kappa shape index (κ3) is 4.11. The summed E-state index contributed by atoms with van der Waals surface area (Å²) in [4.78, 5) is 47.1. The van der Waals surface area contributed by atoms with Gasteiger partial charge < -0.3 is 15.2 Å². The third-order valence-electron chi connectivity index (χ3n) is 5.46. The van der Waals surface area contributed by atoms with Gasteiger partial charge in [-0.1, -0.05) is 23.7 Å². The van der Waals surface area contributed by atoms with E-state index in [4.69, 9.17) is 11.6 Å². The normalized spacial score (nSPS) is 14.8. The number of benzene rings is 1. The lowest BCUT2D eigenvalue weighted by Crippen LogP contribution is -2.42. The summed E-state index contributed by atoms with van der Waals surface area (Å²) < 4.78 is 0. The number of carbonyl (C=O) groups is 2. The number of aryl methyl sites for hydroxylation is 1. The van der Waals surface area contributed by atoms with E-state index >= 15 is 0 Å². The molecule has 1 aliphatic rings. The summed E-state index contributed by atoms with van der Waals surface area (Å²) in [6.45, 7) is 3.25. The number of halogens is 1. The maximum atomic E-state index is 13.0.